The summed E-state index contributed by atoms with van der Waals surface area (Å²) < 4.78 is 0. The van der Waals surface area contributed by atoms with E-state index >= 15 is 0 Å². The van der Waals surface area contributed by atoms with Crippen molar-refractivity contribution in [3.05, 3.63) is 0 Å². The van der Waals surface area contributed by atoms with E-state index in [2.05, 4.69) is 10.2 Å². The van der Waals surface area contributed by atoms with Crippen LogP contribution in [-0.4, -0.2) is 42.5 Å². The molecule has 86 valence electrons. The van der Waals surface area contributed by atoms with Crippen molar-refractivity contribution in [2.45, 2.75) is 43.7 Å². The SMILES string of the molecule is CN1CCC(NC2CCCC2)(C(N)=O)C1. The lowest BCUT2D eigenvalue weighted by Gasteiger charge is -2.30. The number of hydrogen-bond donors (Lipinski definition) is 2. The van der Waals surface area contributed by atoms with Crippen molar-refractivity contribution >= 4 is 5.91 Å². The van der Waals surface area contributed by atoms with Crippen LogP contribution in [0.1, 0.15) is 32.1 Å². The minimum Gasteiger partial charge on any atom is -0.368 e. The number of primary amides is 1. The molecule has 15 heavy (non-hydrogen) atoms. The maximum Gasteiger partial charge on any atom is 0.239 e. The largest absolute Gasteiger partial charge is 0.368 e. The number of nitrogens with zero attached hydrogens (tertiary/aromatic N) is 1. The van der Waals surface area contributed by atoms with Gasteiger partial charge in [-0.15, -0.1) is 0 Å². The van der Waals surface area contributed by atoms with Gasteiger partial charge in [-0.1, -0.05) is 12.8 Å². The zero-order valence-corrected chi connectivity index (χ0v) is 9.46. The smallest absolute Gasteiger partial charge is 0.239 e. The average Bonchev–Trinajstić information content (AvgIpc) is 2.77. The standard InChI is InChI=1S/C11H21N3O/c1-14-7-6-11(8-14,10(12)15)13-9-4-2-3-5-9/h9,13H,2-8H2,1H3,(H2,12,15). The minimum atomic E-state index is -0.455. The van der Waals surface area contributed by atoms with Gasteiger partial charge in [-0.05, 0) is 26.3 Å². The Bertz CT molecular complexity index is 250. The van der Waals surface area contributed by atoms with E-state index in [1.54, 1.807) is 0 Å². The molecule has 0 radical (unpaired) electrons. The van der Waals surface area contributed by atoms with Crippen molar-refractivity contribution in [3.8, 4) is 0 Å². The van der Waals surface area contributed by atoms with Crippen LogP contribution >= 0.6 is 0 Å². The topological polar surface area (TPSA) is 58.4 Å². The molecule has 3 N–H and O–H groups in total. The fraction of sp³-hybridized carbons (Fsp3) is 0.909. The molecule has 0 aromatic rings. The quantitative estimate of drug-likeness (QED) is 0.695. The molecule has 1 amide bonds. The molecule has 1 unspecified atom stereocenters. The van der Waals surface area contributed by atoms with Crippen LogP contribution in [0, 0.1) is 0 Å². The predicted molar refractivity (Wildman–Crippen MR) is 59.4 cm³/mol. The van der Waals surface area contributed by atoms with Crippen molar-refractivity contribution in [2.75, 3.05) is 20.1 Å². The van der Waals surface area contributed by atoms with E-state index in [-0.39, 0.29) is 5.91 Å². The van der Waals surface area contributed by atoms with Gasteiger partial charge in [-0.25, -0.2) is 0 Å². The van der Waals surface area contributed by atoms with Gasteiger partial charge in [0.1, 0.15) is 5.54 Å². The van der Waals surface area contributed by atoms with Crippen molar-refractivity contribution in [1.29, 1.82) is 0 Å². The number of likely N-dealkylation sites (N-methyl/N-ethyl adjacent to an activating group) is 1. The van der Waals surface area contributed by atoms with Gasteiger partial charge >= 0.3 is 0 Å². The zero-order valence-electron chi connectivity index (χ0n) is 9.46. The van der Waals surface area contributed by atoms with Crippen molar-refractivity contribution in [3.63, 3.8) is 0 Å². The number of nitrogens with one attached hydrogen (secondary N) is 1. The molecule has 0 aromatic heterocycles. The molecular formula is C11H21N3O. The maximum atomic E-state index is 11.6. The third-order valence-corrected chi connectivity index (χ3v) is 3.77. The number of carbonyl (C=O) groups is 1. The average molecular weight is 211 g/mol. The highest BCUT2D eigenvalue weighted by Gasteiger charge is 2.43. The Kier molecular flexibility index (Phi) is 2.98. The second kappa shape index (κ2) is 4.10. The molecule has 1 aliphatic heterocycles. The molecule has 0 aromatic carbocycles. The van der Waals surface area contributed by atoms with E-state index < -0.39 is 5.54 Å². The molecule has 1 saturated heterocycles. The van der Waals surface area contributed by atoms with Gasteiger partial charge in [-0.3, -0.25) is 10.1 Å². The summed E-state index contributed by atoms with van der Waals surface area (Å²) in [6, 6.07) is 0.504. The number of hydrogen-bond acceptors (Lipinski definition) is 3. The molecule has 1 atom stereocenters. The number of carbonyl (C=O) groups excluding carboxylic acids is 1. The molecule has 1 aliphatic carbocycles. The van der Waals surface area contributed by atoms with Gasteiger partial charge in [0.05, 0.1) is 0 Å². The lowest BCUT2D eigenvalue weighted by atomic mass is 9.96. The number of rotatable bonds is 3. The lowest BCUT2D eigenvalue weighted by Crippen LogP contribution is -2.59. The minimum absolute atomic E-state index is 0.182. The molecular weight excluding hydrogens is 190 g/mol. The highest BCUT2D eigenvalue weighted by atomic mass is 16.1. The van der Waals surface area contributed by atoms with Gasteiger partial charge in [0.15, 0.2) is 0 Å². The molecule has 1 saturated carbocycles. The second-order valence-electron chi connectivity index (χ2n) is 5.06. The highest BCUT2D eigenvalue weighted by Crippen LogP contribution is 2.25. The van der Waals surface area contributed by atoms with Crippen LogP contribution in [0.3, 0.4) is 0 Å². The third kappa shape index (κ3) is 2.16. The van der Waals surface area contributed by atoms with Gasteiger partial charge in [0.25, 0.3) is 0 Å². The van der Waals surface area contributed by atoms with Gasteiger partial charge < -0.3 is 10.6 Å². The van der Waals surface area contributed by atoms with E-state index in [4.69, 9.17) is 5.73 Å². The van der Waals surface area contributed by atoms with Crippen LogP contribution in [0.2, 0.25) is 0 Å². The van der Waals surface area contributed by atoms with Gasteiger partial charge in [0.2, 0.25) is 5.91 Å². The second-order valence-corrected chi connectivity index (χ2v) is 5.06. The molecule has 4 nitrogen and oxygen atoms in total. The molecule has 2 fully saturated rings. The zero-order chi connectivity index (χ0) is 10.9. The summed E-state index contributed by atoms with van der Waals surface area (Å²) in [4.78, 5) is 13.8. The van der Waals surface area contributed by atoms with Crippen LogP contribution in [0.5, 0.6) is 0 Å². The molecule has 2 rings (SSSR count). The fourth-order valence-corrected chi connectivity index (χ4v) is 2.85. The summed E-state index contributed by atoms with van der Waals surface area (Å²) in [6.07, 6.45) is 5.80. The third-order valence-electron chi connectivity index (χ3n) is 3.77. The Morgan fingerprint density at radius 2 is 2.13 bits per heavy atom. The Balaban J connectivity index is 2.02. The maximum absolute atomic E-state index is 11.6. The Morgan fingerprint density at radius 1 is 1.47 bits per heavy atom. The summed E-state index contributed by atoms with van der Waals surface area (Å²) in [5.74, 6) is -0.182. The van der Waals surface area contributed by atoms with E-state index in [0.717, 1.165) is 19.5 Å². The van der Waals surface area contributed by atoms with Crippen molar-refractivity contribution in [1.82, 2.24) is 10.2 Å². The Hall–Kier alpha value is -0.610. The first-order valence-corrected chi connectivity index (χ1v) is 5.88. The highest BCUT2D eigenvalue weighted by molar-refractivity contribution is 5.85. The monoisotopic (exact) mass is 211 g/mol. The van der Waals surface area contributed by atoms with Crippen LogP contribution in [0.15, 0.2) is 0 Å². The van der Waals surface area contributed by atoms with Crippen molar-refractivity contribution in [2.24, 2.45) is 5.73 Å². The first-order valence-electron chi connectivity index (χ1n) is 5.88. The summed E-state index contributed by atoms with van der Waals surface area (Å²) in [5.41, 5.74) is 5.09. The number of amides is 1. The van der Waals surface area contributed by atoms with Crippen LogP contribution in [0.25, 0.3) is 0 Å². The lowest BCUT2D eigenvalue weighted by molar-refractivity contribution is -0.124. The molecule has 2 aliphatic rings. The number of likely N-dealkylation sites (tertiary alicyclic amines) is 1. The van der Waals surface area contributed by atoms with E-state index in [9.17, 15) is 4.79 Å². The fourth-order valence-electron chi connectivity index (χ4n) is 2.85. The Morgan fingerprint density at radius 3 is 2.60 bits per heavy atom. The van der Waals surface area contributed by atoms with Crippen LogP contribution < -0.4 is 11.1 Å². The van der Waals surface area contributed by atoms with Crippen LogP contribution in [-0.2, 0) is 4.79 Å². The van der Waals surface area contributed by atoms with E-state index in [1.807, 2.05) is 7.05 Å². The first-order chi connectivity index (χ1) is 7.12. The first kappa shape index (κ1) is 10.9. The van der Waals surface area contributed by atoms with Crippen LogP contribution in [0.4, 0.5) is 0 Å². The van der Waals surface area contributed by atoms with Gasteiger partial charge in [-0.2, -0.15) is 0 Å². The van der Waals surface area contributed by atoms with E-state index in [0.29, 0.717) is 6.04 Å². The molecule has 1 heterocycles. The molecule has 4 heteroatoms. The summed E-state index contributed by atoms with van der Waals surface area (Å²) in [5, 5.41) is 3.50. The van der Waals surface area contributed by atoms with Crippen molar-refractivity contribution < 1.29 is 4.79 Å². The van der Waals surface area contributed by atoms with Gasteiger partial charge in [0, 0.05) is 19.1 Å². The molecule has 0 spiro atoms. The predicted octanol–water partition coefficient (Wildman–Crippen LogP) is 0.0782. The number of nitrogens with two attached hydrogens (primary N) is 1. The summed E-state index contributed by atoms with van der Waals surface area (Å²) in [7, 11) is 2.04. The summed E-state index contributed by atoms with van der Waals surface area (Å²) in [6.45, 7) is 1.72. The van der Waals surface area contributed by atoms with E-state index in [1.165, 1.54) is 25.7 Å². The normalized spacial score (nSPS) is 33.7. The Labute approximate surface area is 91.2 Å². The summed E-state index contributed by atoms with van der Waals surface area (Å²) >= 11 is 0. The molecule has 0 bridgehead atoms.